The lowest BCUT2D eigenvalue weighted by Crippen LogP contribution is -2.39. The van der Waals surface area contributed by atoms with Crippen molar-refractivity contribution in [3.63, 3.8) is 0 Å². The summed E-state index contributed by atoms with van der Waals surface area (Å²) in [6.45, 7) is 3.33. The molecule has 0 radical (unpaired) electrons. The first-order valence-electron chi connectivity index (χ1n) is 8.27. The maximum absolute atomic E-state index is 12.8. The standard InChI is InChI=1S/C17H21N3O4S/c1-2-19-12-16(10-18-19)25(23,24)20-8-4-7-15(11-20)13-5-3-6-14(9-13)17(21)22/h3,5-6,9-10,12,15H,2,4,7-8,11H2,1H3,(H,21,22). The Hall–Kier alpha value is -2.19. The van der Waals surface area contributed by atoms with E-state index in [1.165, 1.54) is 10.5 Å². The molecule has 1 aromatic heterocycles. The number of carboxylic acids is 1. The average molecular weight is 363 g/mol. The summed E-state index contributed by atoms with van der Waals surface area (Å²) in [4.78, 5) is 11.4. The van der Waals surface area contributed by atoms with Crippen molar-refractivity contribution < 1.29 is 18.3 Å². The number of aromatic carboxylic acids is 1. The highest BCUT2D eigenvalue weighted by atomic mass is 32.2. The third-order valence-electron chi connectivity index (χ3n) is 4.56. The van der Waals surface area contributed by atoms with Gasteiger partial charge in [0.25, 0.3) is 0 Å². The van der Waals surface area contributed by atoms with Crippen LogP contribution in [0.3, 0.4) is 0 Å². The molecule has 3 rings (SSSR count). The van der Waals surface area contributed by atoms with Gasteiger partial charge in [0.05, 0.1) is 11.8 Å². The molecule has 1 saturated heterocycles. The number of hydrogen-bond donors (Lipinski definition) is 1. The number of sulfonamides is 1. The van der Waals surface area contributed by atoms with Gasteiger partial charge in [-0.25, -0.2) is 13.2 Å². The van der Waals surface area contributed by atoms with Crippen LogP contribution in [0.15, 0.2) is 41.6 Å². The minimum absolute atomic E-state index is 0.0101. The quantitative estimate of drug-likeness (QED) is 0.879. The van der Waals surface area contributed by atoms with Crippen molar-refractivity contribution in [3.05, 3.63) is 47.8 Å². The smallest absolute Gasteiger partial charge is 0.335 e. The van der Waals surface area contributed by atoms with Gasteiger partial charge in [0.1, 0.15) is 4.90 Å². The second-order valence-corrected chi connectivity index (χ2v) is 8.10. The molecule has 1 unspecified atom stereocenters. The van der Waals surface area contributed by atoms with E-state index in [4.69, 9.17) is 5.11 Å². The predicted octanol–water partition coefficient (Wildman–Crippen LogP) is 2.17. The van der Waals surface area contributed by atoms with Gasteiger partial charge < -0.3 is 5.11 Å². The van der Waals surface area contributed by atoms with E-state index < -0.39 is 16.0 Å². The van der Waals surface area contributed by atoms with Gasteiger partial charge in [-0.2, -0.15) is 9.40 Å². The SMILES string of the molecule is CCn1cc(S(=O)(=O)N2CCCC(c3cccc(C(=O)O)c3)C2)cn1. The van der Waals surface area contributed by atoms with Gasteiger partial charge in [-0.3, -0.25) is 4.68 Å². The molecule has 2 aromatic rings. The Morgan fingerprint density at radius 3 is 2.88 bits per heavy atom. The first-order chi connectivity index (χ1) is 11.9. The van der Waals surface area contributed by atoms with Crippen LogP contribution in [0.25, 0.3) is 0 Å². The number of carbonyl (C=O) groups is 1. The number of benzene rings is 1. The number of nitrogens with zero attached hydrogens (tertiary/aromatic N) is 3. The lowest BCUT2D eigenvalue weighted by molar-refractivity contribution is 0.0696. The van der Waals surface area contributed by atoms with Gasteiger partial charge in [0.15, 0.2) is 0 Å². The largest absolute Gasteiger partial charge is 0.478 e. The number of carboxylic acid groups (broad SMARTS) is 1. The molecule has 0 saturated carbocycles. The van der Waals surface area contributed by atoms with Gasteiger partial charge in [-0.15, -0.1) is 0 Å². The first kappa shape index (κ1) is 17.6. The number of aromatic nitrogens is 2. The van der Waals surface area contributed by atoms with E-state index in [1.807, 2.05) is 13.0 Å². The number of rotatable bonds is 5. The fraction of sp³-hybridized carbons (Fsp3) is 0.412. The summed E-state index contributed by atoms with van der Waals surface area (Å²) in [5.41, 5.74) is 1.09. The molecule has 0 bridgehead atoms. The van der Waals surface area contributed by atoms with E-state index in [-0.39, 0.29) is 16.4 Å². The zero-order valence-electron chi connectivity index (χ0n) is 14.0. The minimum atomic E-state index is -3.58. The molecule has 134 valence electrons. The normalized spacial score (nSPS) is 19.0. The molecule has 1 N–H and O–H groups in total. The molecule has 0 spiro atoms. The molecule has 1 aliphatic rings. The Morgan fingerprint density at radius 1 is 1.40 bits per heavy atom. The summed E-state index contributed by atoms with van der Waals surface area (Å²) in [6.07, 6.45) is 4.50. The number of piperidine rings is 1. The van der Waals surface area contributed by atoms with Crippen LogP contribution >= 0.6 is 0 Å². The zero-order valence-corrected chi connectivity index (χ0v) is 14.8. The van der Waals surface area contributed by atoms with Crippen LogP contribution in [0.1, 0.15) is 41.6 Å². The second-order valence-electron chi connectivity index (χ2n) is 6.16. The first-order valence-corrected chi connectivity index (χ1v) is 9.71. The highest BCUT2D eigenvalue weighted by Crippen LogP contribution is 2.30. The Kier molecular flexibility index (Phi) is 4.91. The van der Waals surface area contributed by atoms with Gasteiger partial charge >= 0.3 is 5.97 Å². The Balaban J connectivity index is 1.83. The van der Waals surface area contributed by atoms with Crippen LogP contribution in [-0.4, -0.2) is 46.7 Å². The fourth-order valence-electron chi connectivity index (χ4n) is 3.16. The van der Waals surface area contributed by atoms with Gasteiger partial charge in [-0.1, -0.05) is 12.1 Å². The van der Waals surface area contributed by atoms with Crippen LogP contribution in [0.4, 0.5) is 0 Å². The van der Waals surface area contributed by atoms with Crippen molar-refractivity contribution in [1.82, 2.24) is 14.1 Å². The molecule has 0 amide bonds. The molecule has 2 heterocycles. The highest BCUT2D eigenvalue weighted by molar-refractivity contribution is 7.89. The lowest BCUT2D eigenvalue weighted by Gasteiger charge is -2.32. The second kappa shape index (κ2) is 6.97. The Morgan fingerprint density at radius 2 is 2.20 bits per heavy atom. The molecule has 25 heavy (non-hydrogen) atoms. The summed E-state index contributed by atoms with van der Waals surface area (Å²) in [5, 5.41) is 13.2. The lowest BCUT2D eigenvalue weighted by atomic mass is 9.91. The molecule has 7 nitrogen and oxygen atoms in total. The van der Waals surface area contributed by atoms with Crippen LogP contribution in [0, 0.1) is 0 Å². The third-order valence-corrected chi connectivity index (χ3v) is 6.38. The fourth-order valence-corrected chi connectivity index (χ4v) is 4.64. The molecule has 1 fully saturated rings. The third kappa shape index (κ3) is 3.59. The minimum Gasteiger partial charge on any atom is -0.478 e. The topological polar surface area (TPSA) is 92.5 Å². The Bertz CT molecular complexity index is 876. The van der Waals surface area contributed by atoms with Crippen LogP contribution in [-0.2, 0) is 16.6 Å². The van der Waals surface area contributed by atoms with Crippen molar-refractivity contribution in [1.29, 1.82) is 0 Å². The zero-order chi connectivity index (χ0) is 18.0. The molecule has 1 atom stereocenters. The van der Waals surface area contributed by atoms with Crippen molar-refractivity contribution >= 4 is 16.0 Å². The van der Waals surface area contributed by atoms with Gasteiger partial charge in [-0.05, 0) is 43.4 Å². The average Bonchev–Trinajstić information content (AvgIpc) is 3.12. The van der Waals surface area contributed by atoms with E-state index in [9.17, 15) is 13.2 Å². The van der Waals surface area contributed by atoms with Crippen molar-refractivity contribution in [2.24, 2.45) is 0 Å². The van der Waals surface area contributed by atoms with Crippen LogP contribution < -0.4 is 0 Å². The summed E-state index contributed by atoms with van der Waals surface area (Å²) < 4.78 is 28.8. The Labute approximate surface area is 146 Å². The monoisotopic (exact) mass is 363 g/mol. The van der Waals surface area contributed by atoms with Crippen molar-refractivity contribution in [2.75, 3.05) is 13.1 Å². The van der Waals surface area contributed by atoms with E-state index in [0.29, 0.717) is 19.6 Å². The van der Waals surface area contributed by atoms with Gasteiger partial charge in [0.2, 0.25) is 10.0 Å². The molecular weight excluding hydrogens is 342 g/mol. The summed E-state index contributed by atoms with van der Waals surface area (Å²) in [5.74, 6) is -0.988. The number of hydrogen-bond acceptors (Lipinski definition) is 4. The highest BCUT2D eigenvalue weighted by Gasteiger charge is 2.31. The maximum Gasteiger partial charge on any atom is 0.335 e. The van der Waals surface area contributed by atoms with Crippen molar-refractivity contribution in [3.8, 4) is 0 Å². The predicted molar refractivity (Wildman–Crippen MR) is 92.0 cm³/mol. The van der Waals surface area contributed by atoms with Crippen molar-refractivity contribution in [2.45, 2.75) is 37.1 Å². The van der Waals surface area contributed by atoms with E-state index >= 15 is 0 Å². The van der Waals surface area contributed by atoms with E-state index in [2.05, 4.69) is 5.10 Å². The summed E-state index contributed by atoms with van der Waals surface area (Å²) >= 11 is 0. The molecule has 0 aliphatic carbocycles. The van der Waals surface area contributed by atoms with Crippen LogP contribution in [0.5, 0.6) is 0 Å². The molecule has 1 aliphatic heterocycles. The molecular formula is C17H21N3O4S. The summed E-state index contributed by atoms with van der Waals surface area (Å²) in [6, 6.07) is 6.75. The van der Waals surface area contributed by atoms with Crippen LogP contribution in [0.2, 0.25) is 0 Å². The molecule has 1 aromatic carbocycles. The van der Waals surface area contributed by atoms with Gasteiger partial charge in [0, 0.05) is 25.8 Å². The van der Waals surface area contributed by atoms with E-state index in [0.717, 1.165) is 18.4 Å². The summed E-state index contributed by atoms with van der Waals surface area (Å²) in [7, 11) is -3.58. The number of aryl methyl sites for hydroxylation is 1. The maximum atomic E-state index is 12.8. The van der Waals surface area contributed by atoms with E-state index in [1.54, 1.807) is 29.1 Å². The molecule has 8 heteroatoms.